The fourth-order valence-corrected chi connectivity index (χ4v) is 7.60. The molecule has 0 amide bonds. The van der Waals surface area contributed by atoms with Crippen LogP contribution in [0.1, 0.15) is 45.7 Å². The van der Waals surface area contributed by atoms with Crippen LogP contribution in [-0.2, 0) is 13.1 Å². The Labute approximate surface area is 409 Å². The monoisotopic (exact) mass is 960 g/mol. The predicted octanol–water partition coefficient (Wildman–Crippen LogP) is 12.2. The van der Waals surface area contributed by atoms with E-state index < -0.39 is 7.54 Å². The molecule has 0 radical (unpaired) electrons. The molecule has 12 nitrogen and oxygen atoms in total. The zero-order valence-corrected chi connectivity index (χ0v) is 40.3. The van der Waals surface area contributed by atoms with Crippen molar-refractivity contribution in [3.05, 3.63) is 156 Å². The molecule has 0 aliphatic heterocycles. The number of thioether (sulfide) groups is 1. The van der Waals surface area contributed by atoms with Gasteiger partial charge in [0.25, 0.3) is 0 Å². The smallest absolute Gasteiger partial charge is 0.508 e. The summed E-state index contributed by atoms with van der Waals surface area (Å²) in [6.45, 7) is 7.19. The molecule has 0 aliphatic rings. The summed E-state index contributed by atoms with van der Waals surface area (Å²) >= 11 is 1.75. The van der Waals surface area contributed by atoms with Crippen LogP contribution < -0.4 is 4.74 Å². The highest BCUT2D eigenvalue weighted by atomic mass is 32.2. The highest BCUT2D eigenvalue weighted by Gasteiger charge is 2.20. The first kappa shape index (κ1) is 52.7. The summed E-state index contributed by atoms with van der Waals surface area (Å²) < 4.78 is 37.8. The molecule has 354 valence electrons. The van der Waals surface area contributed by atoms with E-state index in [2.05, 4.69) is 32.3 Å². The van der Waals surface area contributed by atoms with Crippen LogP contribution >= 0.6 is 11.8 Å². The van der Waals surface area contributed by atoms with Crippen molar-refractivity contribution in [2.24, 2.45) is 0 Å². The van der Waals surface area contributed by atoms with Crippen LogP contribution in [0.15, 0.2) is 134 Å². The van der Waals surface area contributed by atoms with Crippen molar-refractivity contribution in [3.63, 3.8) is 0 Å². The Bertz CT molecular complexity index is 3180. The number of nitrogens with zero attached hydrogens (tertiary/aromatic N) is 8. The molecule has 0 saturated carbocycles. The Morgan fingerprint density at radius 3 is 1.46 bits per heavy atom. The Morgan fingerprint density at radius 1 is 0.643 bits per heavy atom. The molecule has 0 bridgehead atoms. The number of aryl methyl sites for hydroxylation is 2. The SMILES string of the molecule is CC(=O)c1ccccc1-c1cc(-c2cnn(CC#N)c2-c2cc(C)cc(O)c2)ccn1.COc1cc(C)cc(-c2c(-c3ccnc(-c4ccccc4C(C)=O)c3)cnn2CC#N)c1.CSC.FB(F)F. The maximum absolute atomic E-state index is 12.1. The molecule has 4 aromatic heterocycles. The fraction of sp³-hybridized carbons (Fsp3) is 0.170. The molecule has 70 heavy (non-hydrogen) atoms. The van der Waals surface area contributed by atoms with Crippen LogP contribution in [0.2, 0.25) is 0 Å². The van der Waals surface area contributed by atoms with Gasteiger partial charge >= 0.3 is 7.54 Å². The lowest BCUT2D eigenvalue weighted by molar-refractivity contribution is 0.101. The van der Waals surface area contributed by atoms with Crippen molar-refractivity contribution in [2.75, 3.05) is 19.6 Å². The average molecular weight is 961 g/mol. The number of aromatic nitrogens is 6. The number of nitriles is 2. The minimum Gasteiger partial charge on any atom is -0.508 e. The van der Waals surface area contributed by atoms with Crippen LogP contribution in [0.5, 0.6) is 11.5 Å². The third-order valence-corrected chi connectivity index (χ3v) is 10.3. The number of hydrogen-bond donors (Lipinski definition) is 1. The molecular formula is C53H48BF3N8O4S. The molecule has 0 spiro atoms. The number of Topliss-reactive ketones (excluding diaryl/α,β-unsaturated/α-hetero) is 2. The number of carbonyl (C=O) groups excluding carboxylic acids is 2. The lowest BCUT2D eigenvalue weighted by atomic mass is 9.97. The van der Waals surface area contributed by atoms with Gasteiger partial charge in [0.1, 0.15) is 24.6 Å². The molecule has 1 N–H and O–H groups in total. The fourth-order valence-electron chi connectivity index (χ4n) is 7.60. The van der Waals surface area contributed by atoms with E-state index in [0.29, 0.717) is 22.5 Å². The predicted molar refractivity (Wildman–Crippen MR) is 270 cm³/mol. The minimum absolute atomic E-state index is 0.0119. The molecule has 8 rings (SSSR count). The van der Waals surface area contributed by atoms with E-state index in [1.807, 2.05) is 111 Å². The second-order valence-electron chi connectivity index (χ2n) is 15.5. The van der Waals surface area contributed by atoms with Gasteiger partial charge < -0.3 is 9.84 Å². The van der Waals surface area contributed by atoms with Gasteiger partial charge in [-0.25, -0.2) is 0 Å². The highest BCUT2D eigenvalue weighted by molar-refractivity contribution is 7.97. The summed E-state index contributed by atoms with van der Waals surface area (Å²) in [4.78, 5) is 33.2. The molecule has 0 saturated heterocycles. The van der Waals surface area contributed by atoms with Gasteiger partial charge in [-0.05, 0) is 123 Å². The number of benzene rings is 4. The standard InChI is InChI=1S/C26H22N4O2.C25H20N4O2.C2H6S.BF3/c1-17-12-20(14-21(13-17)32-3)26-24(16-29-30(26)11-9-27)19-8-10-28-25(15-19)23-7-5-4-6-22(23)18(2)31;1-16-11-19(13-20(31)12-16)25-23(15-28-29(25)10-8-26)18-7-9-27-24(14-18)22-6-4-3-5-21(22)17(2)30;1-3-2;2-1(3)4/h4-8,10,12-16H,11H2,1-3H3;3-7,9,11-15,31H,10H2,1-2H3;1-2H3;. The number of aromatic hydroxyl groups is 1. The summed E-state index contributed by atoms with van der Waals surface area (Å²) in [5.41, 5.74) is 12.8. The first-order valence-corrected chi connectivity index (χ1v) is 23.1. The summed E-state index contributed by atoms with van der Waals surface area (Å²) in [5.74, 6) is 0.848. The number of pyridine rings is 2. The Hall–Kier alpha value is -8.28. The molecule has 4 aromatic carbocycles. The number of ether oxygens (including phenoxy) is 1. The Kier molecular flexibility index (Phi) is 19.0. The Morgan fingerprint density at radius 2 is 1.06 bits per heavy atom. The summed E-state index contributed by atoms with van der Waals surface area (Å²) in [7, 11) is -2.03. The van der Waals surface area contributed by atoms with E-state index in [9.17, 15) is 38.2 Å². The zero-order valence-electron chi connectivity index (χ0n) is 39.5. The summed E-state index contributed by atoms with van der Waals surface area (Å²) in [6, 6.07) is 38.0. The van der Waals surface area contributed by atoms with Gasteiger partial charge in [-0.1, -0.05) is 48.5 Å². The van der Waals surface area contributed by atoms with Gasteiger partial charge in [0.15, 0.2) is 11.6 Å². The second-order valence-corrected chi connectivity index (χ2v) is 16.3. The van der Waals surface area contributed by atoms with Crippen LogP contribution in [0.4, 0.5) is 12.9 Å². The molecular weight excluding hydrogens is 913 g/mol. The lowest BCUT2D eigenvalue weighted by Gasteiger charge is -2.12. The van der Waals surface area contributed by atoms with Crippen molar-refractivity contribution in [2.45, 2.75) is 40.8 Å². The number of phenolic OH excluding ortho intramolecular Hbond substituents is 1. The number of halogens is 3. The molecule has 0 aliphatic carbocycles. The third kappa shape index (κ3) is 13.5. The highest BCUT2D eigenvalue weighted by Crippen LogP contribution is 2.38. The minimum atomic E-state index is -3.67. The summed E-state index contributed by atoms with van der Waals surface area (Å²) in [5, 5.41) is 37.6. The van der Waals surface area contributed by atoms with Gasteiger partial charge in [-0.3, -0.25) is 41.9 Å². The van der Waals surface area contributed by atoms with Crippen molar-refractivity contribution in [3.8, 4) is 90.9 Å². The van der Waals surface area contributed by atoms with E-state index in [4.69, 9.17) is 4.74 Å². The van der Waals surface area contributed by atoms with Gasteiger partial charge in [0.2, 0.25) is 0 Å². The topological polar surface area (TPSA) is 173 Å². The molecule has 0 fully saturated rings. The first-order valence-electron chi connectivity index (χ1n) is 21.4. The van der Waals surface area contributed by atoms with Crippen LogP contribution in [0, 0.1) is 36.5 Å². The maximum Gasteiger partial charge on any atom is 0.762 e. The zero-order chi connectivity index (χ0) is 50.9. The quantitative estimate of drug-likeness (QED) is 0.0965. The largest absolute Gasteiger partial charge is 0.762 e. The number of ketones is 2. The number of phenols is 1. The van der Waals surface area contributed by atoms with Crippen molar-refractivity contribution in [1.82, 2.24) is 29.5 Å². The normalized spacial score (nSPS) is 10.2. The molecule has 4 heterocycles. The number of rotatable bonds is 11. The molecule has 17 heteroatoms. The average Bonchev–Trinajstić information content (AvgIpc) is 3.96. The van der Waals surface area contributed by atoms with Crippen molar-refractivity contribution in [1.29, 1.82) is 10.5 Å². The van der Waals surface area contributed by atoms with Crippen LogP contribution in [0.25, 0.3) is 67.3 Å². The van der Waals surface area contributed by atoms with E-state index in [1.165, 1.54) is 6.92 Å². The second kappa shape index (κ2) is 25.2. The van der Waals surface area contributed by atoms with E-state index in [0.717, 1.165) is 72.8 Å². The first-order chi connectivity index (χ1) is 33.6. The molecule has 0 unspecified atom stereocenters. The van der Waals surface area contributed by atoms with Gasteiger partial charge in [0, 0.05) is 56.9 Å². The van der Waals surface area contributed by atoms with Gasteiger partial charge in [0.05, 0.1) is 54.4 Å². The number of carbonyl (C=O) groups is 2. The number of hydrogen-bond acceptors (Lipinski definition) is 11. The van der Waals surface area contributed by atoms with E-state index in [1.54, 1.807) is 84.2 Å². The van der Waals surface area contributed by atoms with E-state index in [-0.39, 0.29) is 30.4 Å². The third-order valence-electron chi connectivity index (χ3n) is 10.3. The molecule has 0 atom stereocenters. The summed E-state index contributed by atoms with van der Waals surface area (Å²) in [6.07, 6.45) is 11.0. The van der Waals surface area contributed by atoms with E-state index >= 15 is 0 Å². The van der Waals surface area contributed by atoms with Crippen molar-refractivity contribution >= 4 is 30.9 Å². The Balaban J connectivity index is 0.000000230. The van der Waals surface area contributed by atoms with Gasteiger partial charge in [-0.2, -0.15) is 32.5 Å². The molecule has 8 aromatic rings. The van der Waals surface area contributed by atoms with Crippen molar-refractivity contribution < 1.29 is 32.4 Å². The maximum atomic E-state index is 12.1. The lowest BCUT2D eigenvalue weighted by Crippen LogP contribution is -2.01. The van der Waals surface area contributed by atoms with Gasteiger partial charge in [-0.15, -0.1) is 0 Å². The van der Waals surface area contributed by atoms with Crippen LogP contribution in [-0.4, -0.2) is 73.4 Å². The number of methoxy groups -OCH3 is 1. The van der Waals surface area contributed by atoms with Crippen LogP contribution in [0.3, 0.4) is 0 Å².